The Labute approximate surface area is 150 Å². The number of nitriles is 1. The lowest BCUT2D eigenvalue weighted by Gasteiger charge is -2.23. The largest absolute Gasteiger partial charge is 0.366 e. The molecule has 0 fully saturated rings. The van der Waals surface area contributed by atoms with Gasteiger partial charge >= 0.3 is 0 Å². The van der Waals surface area contributed by atoms with Gasteiger partial charge in [0.2, 0.25) is 0 Å². The summed E-state index contributed by atoms with van der Waals surface area (Å²) >= 11 is 0. The van der Waals surface area contributed by atoms with Crippen LogP contribution in [0.1, 0.15) is 67.5 Å². The van der Waals surface area contributed by atoms with Gasteiger partial charge in [0.1, 0.15) is 0 Å². The number of carbonyl (C=O) groups excluding carboxylic acids is 1. The maximum atomic E-state index is 12.3. The summed E-state index contributed by atoms with van der Waals surface area (Å²) in [7, 11) is 0. The van der Waals surface area contributed by atoms with E-state index in [-0.39, 0.29) is 6.04 Å². The third-order valence-electron chi connectivity index (χ3n) is 4.96. The molecule has 25 heavy (non-hydrogen) atoms. The second-order valence-electron chi connectivity index (χ2n) is 6.94. The lowest BCUT2D eigenvalue weighted by molar-refractivity contribution is 0.1000. The van der Waals surface area contributed by atoms with Crippen molar-refractivity contribution in [3.05, 3.63) is 46.8 Å². The molecule has 4 heteroatoms. The first-order chi connectivity index (χ1) is 11.8. The molecule has 132 valence electrons. The van der Waals surface area contributed by atoms with Gasteiger partial charge in [-0.25, -0.2) is 0 Å². The van der Waals surface area contributed by atoms with Gasteiger partial charge in [-0.05, 0) is 43.9 Å². The summed E-state index contributed by atoms with van der Waals surface area (Å²) in [6.45, 7) is 10.7. The van der Waals surface area contributed by atoms with E-state index in [1.54, 1.807) is 12.1 Å². The average molecular weight is 337 g/mol. The summed E-state index contributed by atoms with van der Waals surface area (Å²) in [5.41, 5.74) is 10.9. The van der Waals surface area contributed by atoms with Crippen LogP contribution in [0.4, 0.5) is 0 Å². The van der Waals surface area contributed by atoms with Gasteiger partial charge in [-0.3, -0.25) is 4.79 Å². The molecule has 0 bridgehead atoms. The van der Waals surface area contributed by atoms with Crippen LogP contribution in [0.15, 0.2) is 24.3 Å². The average Bonchev–Trinajstić information content (AvgIpc) is 2.87. The van der Waals surface area contributed by atoms with Crippen molar-refractivity contribution in [1.29, 1.82) is 5.26 Å². The first-order valence-corrected chi connectivity index (χ1v) is 8.87. The molecule has 0 saturated carbocycles. The second kappa shape index (κ2) is 7.57. The van der Waals surface area contributed by atoms with Gasteiger partial charge < -0.3 is 10.3 Å². The number of nitrogens with two attached hydrogens (primary N) is 1. The predicted octanol–water partition coefficient (Wildman–Crippen LogP) is 4.60. The second-order valence-corrected chi connectivity index (χ2v) is 6.94. The maximum Gasteiger partial charge on any atom is 0.251 e. The molecule has 1 aromatic carbocycles. The number of hydrogen-bond donors (Lipinski definition) is 1. The highest BCUT2D eigenvalue weighted by molar-refractivity contribution is 6.02. The first kappa shape index (κ1) is 18.8. The van der Waals surface area contributed by atoms with E-state index in [4.69, 9.17) is 11.0 Å². The summed E-state index contributed by atoms with van der Waals surface area (Å²) in [6.07, 6.45) is 1.86. The van der Waals surface area contributed by atoms with Crippen molar-refractivity contribution < 1.29 is 4.79 Å². The smallest absolute Gasteiger partial charge is 0.251 e. The topological polar surface area (TPSA) is 71.8 Å². The fraction of sp³-hybridized carbons (Fsp3) is 0.429. The zero-order chi connectivity index (χ0) is 18.7. The molecule has 0 aliphatic heterocycles. The normalized spacial score (nSPS) is 12.2. The Morgan fingerprint density at radius 2 is 1.84 bits per heavy atom. The van der Waals surface area contributed by atoms with E-state index in [9.17, 15) is 4.79 Å². The summed E-state index contributed by atoms with van der Waals surface area (Å²) < 4.78 is 2.28. The molecular weight excluding hydrogens is 310 g/mol. The Kier molecular flexibility index (Phi) is 5.69. The SMILES string of the molecule is CCCc1c(-c2ccc(C#N)cc2)c(C(N)=O)c(C)n1C(C)C(C)C. The minimum Gasteiger partial charge on any atom is -0.366 e. The van der Waals surface area contributed by atoms with Crippen LogP contribution in [0.2, 0.25) is 0 Å². The van der Waals surface area contributed by atoms with E-state index < -0.39 is 5.91 Å². The highest BCUT2D eigenvalue weighted by Crippen LogP contribution is 2.37. The summed E-state index contributed by atoms with van der Waals surface area (Å²) in [5.74, 6) is 0.0418. The van der Waals surface area contributed by atoms with Crippen LogP contribution in [-0.2, 0) is 6.42 Å². The van der Waals surface area contributed by atoms with Gasteiger partial charge in [-0.2, -0.15) is 5.26 Å². The number of amides is 1. The molecule has 0 aliphatic rings. The number of carbonyl (C=O) groups is 1. The number of aromatic nitrogens is 1. The third-order valence-corrected chi connectivity index (χ3v) is 4.96. The zero-order valence-corrected chi connectivity index (χ0v) is 15.8. The van der Waals surface area contributed by atoms with E-state index in [0.717, 1.165) is 35.4 Å². The molecule has 0 radical (unpaired) electrons. The lowest BCUT2D eigenvalue weighted by Crippen LogP contribution is -2.17. The molecule has 1 amide bonds. The number of hydrogen-bond acceptors (Lipinski definition) is 2. The van der Waals surface area contributed by atoms with Gasteiger partial charge in [0, 0.05) is 23.0 Å². The molecule has 2 rings (SSSR count). The first-order valence-electron chi connectivity index (χ1n) is 8.87. The fourth-order valence-corrected chi connectivity index (χ4v) is 3.42. The Bertz CT molecular complexity index is 807. The fourth-order valence-electron chi connectivity index (χ4n) is 3.42. The van der Waals surface area contributed by atoms with Crippen LogP contribution in [0.3, 0.4) is 0 Å². The number of primary amides is 1. The molecule has 0 aliphatic carbocycles. The predicted molar refractivity (Wildman–Crippen MR) is 101 cm³/mol. The van der Waals surface area contributed by atoms with Crippen LogP contribution in [-0.4, -0.2) is 10.5 Å². The van der Waals surface area contributed by atoms with Crippen molar-refractivity contribution >= 4 is 5.91 Å². The van der Waals surface area contributed by atoms with Gasteiger partial charge in [-0.15, -0.1) is 0 Å². The highest BCUT2D eigenvalue weighted by Gasteiger charge is 2.27. The van der Waals surface area contributed by atoms with Crippen molar-refractivity contribution in [3.63, 3.8) is 0 Å². The third kappa shape index (κ3) is 3.46. The minimum absolute atomic E-state index is 0.270. The molecule has 1 atom stereocenters. The Morgan fingerprint density at radius 1 is 1.24 bits per heavy atom. The van der Waals surface area contributed by atoms with Crippen LogP contribution in [0.25, 0.3) is 11.1 Å². The van der Waals surface area contributed by atoms with Crippen LogP contribution < -0.4 is 5.73 Å². The summed E-state index contributed by atoms with van der Waals surface area (Å²) in [5, 5.41) is 9.03. The van der Waals surface area contributed by atoms with Crippen LogP contribution in [0, 0.1) is 24.2 Å². The van der Waals surface area contributed by atoms with Crippen molar-refractivity contribution in [2.45, 2.75) is 53.5 Å². The van der Waals surface area contributed by atoms with Gasteiger partial charge in [0.05, 0.1) is 17.2 Å². The Morgan fingerprint density at radius 3 is 2.28 bits per heavy atom. The van der Waals surface area contributed by atoms with Crippen molar-refractivity contribution in [2.24, 2.45) is 11.7 Å². The molecule has 4 nitrogen and oxygen atoms in total. The molecule has 2 aromatic rings. The van der Waals surface area contributed by atoms with Gasteiger partial charge in [0.15, 0.2) is 0 Å². The summed E-state index contributed by atoms with van der Waals surface area (Å²) in [6, 6.07) is 9.79. The molecule has 1 aromatic heterocycles. The van der Waals surface area contributed by atoms with Crippen molar-refractivity contribution in [3.8, 4) is 17.2 Å². The standard InChI is InChI=1S/C21H27N3O/c1-6-7-18-20(17-10-8-16(12-22)9-11-17)19(21(23)25)15(5)24(18)14(4)13(2)3/h8-11,13-14H,6-7H2,1-5H3,(H2,23,25). The monoisotopic (exact) mass is 337 g/mol. The van der Waals surface area contributed by atoms with E-state index in [1.165, 1.54) is 0 Å². The van der Waals surface area contributed by atoms with Crippen LogP contribution in [0.5, 0.6) is 0 Å². The number of nitrogens with zero attached hydrogens (tertiary/aromatic N) is 2. The quantitative estimate of drug-likeness (QED) is 0.836. The maximum absolute atomic E-state index is 12.3. The summed E-state index contributed by atoms with van der Waals surface area (Å²) in [4.78, 5) is 12.3. The lowest BCUT2D eigenvalue weighted by atomic mass is 9.97. The van der Waals surface area contributed by atoms with E-state index in [0.29, 0.717) is 17.0 Å². The molecular formula is C21H27N3O. The Hall–Kier alpha value is -2.54. The number of rotatable bonds is 6. The van der Waals surface area contributed by atoms with Gasteiger partial charge in [-0.1, -0.05) is 39.3 Å². The van der Waals surface area contributed by atoms with Crippen molar-refractivity contribution in [1.82, 2.24) is 4.57 Å². The molecule has 0 saturated heterocycles. The van der Waals surface area contributed by atoms with Crippen LogP contribution >= 0.6 is 0 Å². The minimum atomic E-state index is -0.399. The van der Waals surface area contributed by atoms with Gasteiger partial charge in [0.25, 0.3) is 5.91 Å². The van der Waals surface area contributed by atoms with Crippen molar-refractivity contribution in [2.75, 3.05) is 0 Å². The molecule has 1 unspecified atom stereocenters. The zero-order valence-electron chi connectivity index (χ0n) is 15.8. The molecule has 0 spiro atoms. The molecule has 1 heterocycles. The van der Waals surface area contributed by atoms with E-state index >= 15 is 0 Å². The molecule has 2 N–H and O–H groups in total. The highest BCUT2D eigenvalue weighted by atomic mass is 16.1. The van der Waals surface area contributed by atoms with E-state index in [2.05, 4.69) is 38.3 Å². The number of benzene rings is 1. The van der Waals surface area contributed by atoms with E-state index in [1.807, 2.05) is 19.1 Å². The Balaban J connectivity index is 2.81.